The molecule has 0 radical (unpaired) electrons. The molecule has 0 saturated heterocycles. The minimum atomic E-state index is -4.25. The van der Waals surface area contributed by atoms with E-state index in [1.54, 1.807) is 11.8 Å². The molecule has 1 aliphatic rings. The molecule has 174 valence electrons. The Balaban J connectivity index is 0.00000289. The summed E-state index contributed by atoms with van der Waals surface area (Å²) in [6.07, 6.45) is 0.795. The summed E-state index contributed by atoms with van der Waals surface area (Å²) in [5, 5.41) is 0. The van der Waals surface area contributed by atoms with Gasteiger partial charge in [0.15, 0.2) is 0 Å². The van der Waals surface area contributed by atoms with Gasteiger partial charge in [-0.1, -0.05) is 36.4 Å². The number of hydrogen-bond donors (Lipinski definition) is 0. The van der Waals surface area contributed by atoms with E-state index in [1.165, 1.54) is 11.8 Å². The molecular formula is C21H23Li2NO6S4. The quantitative estimate of drug-likeness (QED) is 0.143. The summed E-state index contributed by atoms with van der Waals surface area (Å²) in [6, 6.07) is 16.2. The van der Waals surface area contributed by atoms with Crippen molar-refractivity contribution in [2.75, 3.05) is 35.8 Å². The fourth-order valence-electron chi connectivity index (χ4n) is 3.39. The fraction of sp³-hybridized carbons (Fsp3) is 0.333. The van der Waals surface area contributed by atoms with Crippen LogP contribution in [0.15, 0.2) is 52.8 Å². The Bertz CT molecular complexity index is 1060. The van der Waals surface area contributed by atoms with Crippen molar-refractivity contribution in [2.45, 2.75) is 12.8 Å². The second-order valence-electron chi connectivity index (χ2n) is 6.95. The van der Waals surface area contributed by atoms with Gasteiger partial charge in [-0.2, -0.15) is 0 Å². The van der Waals surface area contributed by atoms with Crippen molar-refractivity contribution in [3.8, 4) is 0 Å². The first-order valence-corrected chi connectivity index (χ1v) is 14.4. The zero-order valence-electron chi connectivity index (χ0n) is 19.4. The van der Waals surface area contributed by atoms with Gasteiger partial charge in [-0.15, -0.1) is 23.5 Å². The molecule has 0 amide bonds. The van der Waals surface area contributed by atoms with Crippen LogP contribution in [0.3, 0.4) is 0 Å². The van der Waals surface area contributed by atoms with Gasteiger partial charge in [-0.05, 0) is 30.7 Å². The van der Waals surface area contributed by atoms with Crippen molar-refractivity contribution in [1.29, 1.82) is 0 Å². The topological polar surface area (TPSA) is 110 Å². The van der Waals surface area contributed by atoms with E-state index in [-0.39, 0.29) is 50.7 Å². The molecule has 2 aromatic carbocycles. The number of para-hydroxylation sites is 2. The van der Waals surface area contributed by atoms with Crippen molar-refractivity contribution in [2.24, 2.45) is 0 Å². The second-order valence-corrected chi connectivity index (χ2v) is 11.6. The first kappa shape index (κ1) is 31.9. The van der Waals surface area contributed by atoms with Crippen molar-refractivity contribution in [3.05, 3.63) is 63.9 Å². The van der Waals surface area contributed by atoms with E-state index < -0.39 is 27.2 Å². The van der Waals surface area contributed by atoms with Gasteiger partial charge in [-0.3, -0.25) is 0 Å². The number of fused-ring (bicyclic) bond motifs is 2. The predicted octanol–water partition coefficient (Wildman–Crippen LogP) is -1.90. The molecule has 13 heteroatoms. The van der Waals surface area contributed by atoms with Crippen molar-refractivity contribution in [1.82, 2.24) is 0 Å². The summed E-state index contributed by atoms with van der Waals surface area (Å²) in [6.45, 7) is 0.0979. The summed E-state index contributed by atoms with van der Waals surface area (Å²) in [5.41, 5.74) is 5.32. The summed E-state index contributed by atoms with van der Waals surface area (Å²) in [7, 11) is -2.23. The van der Waals surface area contributed by atoms with Gasteiger partial charge < -0.3 is 18.2 Å². The van der Waals surface area contributed by atoms with E-state index in [2.05, 4.69) is 33.3 Å². The molecule has 1 atom stereocenters. The van der Waals surface area contributed by atoms with E-state index in [0.717, 1.165) is 32.3 Å². The van der Waals surface area contributed by atoms with Crippen molar-refractivity contribution < 1.29 is 63.6 Å². The summed E-state index contributed by atoms with van der Waals surface area (Å²) < 4.78 is 59.7. The molecule has 0 bridgehead atoms. The number of hydrogen-bond acceptors (Lipinski definition) is 9. The Morgan fingerprint density at radius 1 is 0.971 bits per heavy atom. The average Bonchev–Trinajstić information content (AvgIpc) is 2.75. The van der Waals surface area contributed by atoms with Crippen molar-refractivity contribution in [3.63, 3.8) is 0 Å². The number of anilines is 2. The van der Waals surface area contributed by atoms with Crippen LogP contribution in [0.25, 0.3) is 5.57 Å². The normalized spacial score (nSPS) is 13.3. The Morgan fingerprint density at radius 3 is 1.97 bits per heavy atom. The van der Waals surface area contributed by atoms with Crippen LogP contribution in [0.2, 0.25) is 0 Å². The van der Waals surface area contributed by atoms with E-state index in [4.69, 9.17) is 0 Å². The molecule has 0 saturated carbocycles. The number of rotatable bonds is 11. The third-order valence-corrected chi connectivity index (χ3v) is 8.52. The van der Waals surface area contributed by atoms with Gasteiger partial charge in [0.2, 0.25) is 0 Å². The average molecular weight is 528 g/mol. The monoisotopic (exact) mass is 527 g/mol. The Hall–Kier alpha value is -0.145. The largest absolute Gasteiger partial charge is 1.00 e. The molecule has 34 heavy (non-hydrogen) atoms. The molecule has 2 aromatic rings. The van der Waals surface area contributed by atoms with Gasteiger partial charge in [0.25, 0.3) is 0 Å². The standard InChI is InChI=1S/C21H25NO6S4.2Li/c1-22-18-10-4-2-8-16(18)20(17-9-3-5-11-19(17)22)21(29-13-6-12-28-31(23)24)30-14-7-15-32(25,26)27;;/h2-5,8-11H,6-7,12-15H2,1H3,(H,23,24)(H,25,26,27);;/q;2*+1/p-2. The van der Waals surface area contributed by atoms with Crippen LogP contribution in [0.1, 0.15) is 24.0 Å². The summed E-state index contributed by atoms with van der Waals surface area (Å²) >= 11 is 0.571. The molecule has 3 rings (SSSR count). The van der Waals surface area contributed by atoms with Gasteiger partial charge in [0.05, 0.1) is 28.1 Å². The zero-order chi connectivity index (χ0) is 23.1. The minimum Gasteiger partial charge on any atom is -0.750 e. The number of nitrogens with zero attached hydrogens (tertiary/aromatic N) is 1. The van der Waals surface area contributed by atoms with Crippen LogP contribution in [0.4, 0.5) is 11.4 Å². The maximum atomic E-state index is 11.0. The second kappa shape index (κ2) is 15.2. The van der Waals surface area contributed by atoms with E-state index >= 15 is 0 Å². The molecule has 1 aliphatic heterocycles. The SMILES string of the molecule is CN1c2ccccc2C(=C(SCCCOS(=O)[O-])SCCCS(=O)(=O)[O-])c2ccccc21.[Li+].[Li+]. The van der Waals surface area contributed by atoms with E-state index in [0.29, 0.717) is 17.9 Å². The third-order valence-electron chi connectivity index (χ3n) is 4.75. The third kappa shape index (κ3) is 9.06. The van der Waals surface area contributed by atoms with Gasteiger partial charge >= 0.3 is 37.7 Å². The number of thioether (sulfide) groups is 2. The summed E-state index contributed by atoms with van der Waals surface area (Å²) in [4.78, 5) is 2.14. The first-order valence-electron chi connectivity index (χ1n) is 9.86. The van der Waals surface area contributed by atoms with E-state index in [1.807, 2.05) is 31.3 Å². The van der Waals surface area contributed by atoms with Crippen LogP contribution in [0.5, 0.6) is 0 Å². The fourth-order valence-corrected chi connectivity index (χ4v) is 6.81. The minimum absolute atomic E-state index is 0. The molecule has 0 aliphatic carbocycles. The number of benzene rings is 2. The molecule has 7 nitrogen and oxygen atoms in total. The molecule has 0 N–H and O–H groups in total. The molecule has 0 spiro atoms. The van der Waals surface area contributed by atoms with Gasteiger partial charge in [-0.25, -0.2) is 12.6 Å². The van der Waals surface area contributed by atoms with Crippen molar-refractivity contribution >= 4 is 62.0 Å². The van der Waals surface area contributed by atoms with Gasteiger partial charge in [0, 0.05) is 50.9 Å². The first-order chi connectivity index (χ1) is 15.3. The predicted molar refractivity (Wildman–Crippen MR) is 131 cm³/mol. The Labute approximate surface area is 236 Å². The zero-order valence-corrected chi connectivity index (χ0v) is 22.7. The smallest absolute Gasteiger partial charge is 0.750 e. The van der Waals surface area contributed by atoms with E-state index in [9.17, 15) is 21.7 Å². The van der Waals surface area contributed by atoms with Crippen LogP contribution in [-0.2, 0) is 25.7 Å². The molecule has 0 fully saturated rings. The van der Waals surface area contributed by atoms with Crippen LogP contribution < -0.4 is 42.6 Å². The Kier molecular flexibility index (Phi) is 14.2. The maximum absolute atomic E-state index is 11.0. The molecule has 1 heterocycles. The van der Waals surface area contributed by atoms with Crippen LogP contribution >= 0.6 is 23.5 Å². The maximum Gasteiger partial charge on any atom is 1.00 e. The van der Waals surface area contributed by atoms with Crippen LogP contribution in [-0.4, -0.2) is 52.6 Å². The van der Waals surface area contributed by atoms with Gasteiger partial charge in [0.1, 0.15) is 0 Å². The summed E-state index contributed by atoms with van der Waals surface area (Å²) in [5.74, 6) is 0.712. The van der Waals surface area contributed by atoms with Crippen LogP contribution in [0, 0.1) is 0 Å². The Morgan fingerprint density at radius 2 is 1.47 bits per heavy atom. The molecule has 0 aromatic heterocycles. The molecular weight excluding hydrogens is 504 g/mol. The molecule has 1 unspecified atom stereocenters.